The van der Waals surface area contributed by atoms with Crippen LogP contribution in [0.4, 0.5) is 0 Å². The number of phosphoric acid groups is 1. The number of hydrogen-bond donors (Lipinski definition) is 2. The Morgan fingerprint density at radius 2 is 1.38 bits per heavy atom. The van der Waals surface area contributed by atoms with Gasteiger partial charge in [-0.3, -0.25) is 18.6 Å². The fourth-order valence-electron chi connectivity index (χ4n) is 4.15. The van der Waals surface area contributed by atoms with E-state index in [4.69, 9.17) is 13.8 Å². The molecule has 2 unspecified atom stereocenters. The van der Waals surface area contributed by atoms with Crippen molar-refractivity contribution in [2.24, 2.45) is 0 Å². The number of aliphatic hydroxyl groups excluding tert-OH is 1. The maximum atomic E-state index is 13.0. The monoisotopic (exact) mass is 594 g/mol. The molecule has 0 aromatic carbocycles. The van der Waals surface area contributed by atoms with Gasteiger partial charge in [0.05, 0.1) is 27.7 Å². The first-order valence-corrected chi connectivity index (χ1v) is 16.7. The summed E-state index contributed by atoms with van der Waals surface area (Å²) in [5.74, 6) is -1.27. The van der Waals surface area contributed by atoms with Gasteiger partial charge in [-0.1, -0.05) is 84.0 Å². The summed E-state index contributed by atoms with van der Waals surface area (Å²) >= 11 is 0. The third kappa shape index (κ3) is 22.5. The van der Waals surface area contributed by atoms with Crippen molar-refractivity contribution in [2.45, 2.75) is 128 Å². The first-order chi connectivity index (χ1) is 19.0. The van der Waals surface area contributed by atoms with Crippen molar-refractivity contribution < 1.29 is 47.2 Å². The maximum absolute atomic E-state index is 13.0. The number of hydrogen-bond acceptors (Lipinski definition) is 8. The van der Waals surface area contributed by atoms with E-state index in [9.17, 15) is 28.9 Å². The Bertz CT molecular complexity index is 727. The van der Waals surface area contributed by atoms with Gasteiger partial charge in [0.2, 0.25) is 0 Å². The minimum atomic E-state index is -4.68. The fourth-order valence-corrected chi connectivity index (χ4v) is 5.06. The summed E-state index contributed by atoms with van der Waals surface area (Å²) in [6, 6.07) is 0. The van der Waals surface area contributed by atoms with Crippen LogP contribution < -0.4 is 0 Å². The zero-order valence-electron chi connectivity index (χ0n) is 25.5. The summed E-state index contributed by atoms with van der Waals surface area (Å²) in [6.07, 6.45) is 12.9. The molecule has 0 rings (SSSR count). The van der Waals surface area contributed by atoms with Crippen LogP contribution in [0.3, 0.4) is 0 Å². The van der Waals surface area contributed by atoms with Crippen molar-refractivity contribution in [1.82, 2.24) is 0 Å². The number of esters is 1. The van der Waals surface area contributed by atoms with Gasteiger partial charge in [-0.2, -0.15) is 0 Å². The fraction of sp³-hybridized carbons (Fsp3) is 0.897. The molecule has 0 aromatic rings. The molecule has 40 heavy (non-hydrogen) atoms. The Balaban J connectivity index is 4.76. The Labute approximate surface area is 242 Å². The average Bonchev–Trinajstić information content (AvgIpc) is 2.88. The minimum Gasteiger partial charge on any atom is -0.457 e. The molecule has 0 aliphatic heterocycles. The molecule has 0 aliphatic carbocycles. The number of ether oxygens (including phenoxy) is 1. The lowest BCUT2D eigenvalue weighted by Gasteiger charge is -2.27. The number of carbonyl (C=O) groups excluding carboxylic acids is 3. The number of phosphoric ester groups is 1. The highest BCUT2D eigenvalue weighted by Crippen LogP contribution is 2.45. The number of carbonyl (C=O) groups is 3. The van der Waals surface area contributed by atoms with E-state index in [0.29, 0.717) is 23.7 Å². The van der Waals surface area contributed by atoms with Crippen molar-refractivity contribution in [3.05, 3.63) is 0 Å². The molecule has 0 radical (unpaired) electrons. The Hall–Kier alpha value is -1.16. The van der Waals surface area contributed by atoms with Crippen LogP contribution in [0.5, 0.6) is 0 Å². The normalized spacial score (nSPS) is 14.8. The summed E-state index contributed by atoms with van der Waals surface area (Å²) in [6.45, 7) is 1.78. The van der Waals surface area contributed by atoms with Crippen LogP contribution in [0.15, 0.2) is 0 Å². The lowest BCUT2D eigenvalue weighted by molar-refractivity contribution is -0.870. The summed E-state index contributed by atoms with van der Waals surface area (Å²) in [5.41, 5.74) is 0. The molecule has 10 nitrogen and oxygen atoms in total. The zero-order chi connectivity index (χ0) is 30.3. The summed E-state index contributed by atoms with van der Waals surface area (Å²) < 4.78 is 28.6. The van der Waals surface area contributed by atoms with E-state index in [1.807, 2.05) is 21.1 Å². The van der Waals surface area contributed by atoms with E-state index >= 15 is 0 Å². The standard InChI is InChI=1S/C29H56NO9P/c1-5-6-7-8-9-10-11-12-13-14-15-16-17-20-26(33)29(27(25-32)38-28(34)21-18-19-23-31)39-40(35,36)37-24-22-30(2,3)4/h23,27,29,32H,5-22,24-25H2,1-4H3/p+1/t27-,29?/m0/s1. The second kappa shape index (κ2) is 23.4. The molecule has 0 saturated heterocycles. The van der Waals surface area contributed by atoms with Crippen LogP contribution in [-0.2, 0) is 32.7 Å². The molecular formula is C29H57NO9P+. The van der Waals surface area contributed by atoms with Gasteiger partial charge in [0.25, 0.3) is 0 Å². The number of aliphatic hydroxyl groups is 1. The molecule has 11 heteroatoms. The highest BCUT2D eigenvalue weighted by molar-refractivity contribution is 7.47. The smallest absolute Gasteiger partial charge is 0.457 e. The highest BCUT2D eigenvalue weighted by atomic mass is 31.2. The Morgan fingerprint density at radius 3 is 1.85 bits per heavy atom. The average molecular weight is 595 g/mol. The Kier molecular flexibility index (Phi) is 22.7. The number of aldehydes is 1. The number of rotatable bonds is 28. The first kappa shape index (κ1) is 38.8. The van der Waals surface area contributed by atoms with Gasteiger partial charge in [0, 0.05) is 19.3 Å². The van der Waals surface area contributed by atoms with Crippen molar-refractivity contribution in [2.75, 3.05) is 40.9 Å². The van der Waals surface area contributed by atoms with E-state index in [-0.39, 0.29) is 32.3 Å². The van der Waals surface area contributed by atoms with Gasteiger partial charge in [0.15, 0.2) is 18.0 Å². The number of likely N-dealkylation sites (N-methyl/N-ethyl adjacent to an activating group) is 1. The van der Waals surface area contributed by atoms with Gasteiger partial charge in [-0.05, 0) is 12.8 Å². The van der Waals surface area contributed by atoms with Gasteiger partial charge >= 0.3 is 13.8 Å². The molecule has 3 atom stereocenters. The molecule has 0 bridgehead atoms. The SMILES string of the molecule is CCCCCCCCCCCCCCCC(=O)C(OP(=O)(O)OCC[N+](C)(C)C)[C@H](CO)OC(=O)CCCC=O. The predicted molar refractivity (Wildman–Crippen MR) is 156 cm³/mol. The molecule has 0 aliphatic rings. The molecule has 0 fully saturated rings. The van der Waals surface area contributed by atoms with Crippen LogP contribution in [-0.4, -0.2) is 85.6 Å². The van der Waals surface area contributed by atoms with E-state index in [0.717, 1.165) is 19.3 Å². The quantitative estimate of drug-likeness (QED) is 0.0394. The van der Waals surface area contributed by atoms with Crippen molar-refractivity contribution in [3.63, 3.8) is 0 Å². The molecule has 0 heterocycles. The third-order valence-electron chi connectivity index (χ3n) is 6.61. The molecule has 0 saturated carbocycles. The lowest BCUT2D eigenvalue weighted by Crippen LogP contribution is -2.42. The van der Waals surface area contributed by atoms with Crippen LogP contribution in [0, 0.1) is 0 Å². The topological polar surface area (TPSA) is 136 Å². The van der Waals surface area contributed by atoms with Crippen LogP contribution in [0.25, 0.3) is 0 Å². The van der Waals surface area contributed by atoms with Crippen LogP contribution in [0.1, 0.15) is 116 Å². The number of quaternary nitrogens is 1. The summed E-state index contributed by atoms with van der Waals surface area (Å²) in [7, 11) is 0.991. The molecule has 0 spiro atoms. The van der Waals surface area contributed by atoms with E-state index in [2.05, 4.69) is 6.92 Å². The molecule has 236 valence electrons. The van der Waals surface area contributed by atoms with Crippen molar-refractivity contribution in [3.8, 4) is 0 Å². The maximum Gasteiger partial charge on any atom is 0.473 e. The second-order valence-corrected chi connectivity index (χ2v) is 13.0. The number of unbranched alkanes of at least 4 members (excludes halogenated alkanes) is 13. The first-order valence-electron chi connectivity index (χ1n) is 15.2. The summed E-state index contributed by atoms with van der Waals surface area (Å²) in [5, 5.41) is 9.85. The predicted octanol–water partition coefficient (Wildman–Crippen LogP) is 5.52. The van der Waals surface area contributed by atoms with Crippen LogP contribution in [0.2, 0.25) is 0 Å². The molecule has 2 N–H and O–H groups in total. The molecular weight excluding hydrogens is 537 g/mol. The lowest BCUT2D eigenvalue weighted by atomic mass is 10.0. The van der Waals surface area contributed by atoms with Gasteiger partial charge < -0.3 is 24.0 Å². The van der Waals surface area contributed by atoms with E-state index in [1.165, 1.54) is 57.8 Å². The third-order valence-corrected chi connectivity index (χ3v) is 7.61. The number of nitrogens with zero attached hydrogens (tertiary/aromatic N) is 1. The van der Waals surface area contributed by atoms with Crippen LogP contribution >= 0.6 is 7.82 Å². The van der Waals surface area contributed by atoms with E-state index < -0.39 is 38.4 Å². The highest BCUT2D eigenvalue weighted by Gasteiger charge is 2.38. The molecule has 0 amide bonds. The summed E-state index contributed by atoms with van der Waals surface area (Å²) in [4.78, 5) is 46.0. The second-order valence-electron chi connectivity index (χ2n) is 11.6. The van der Waals surface area contributed by atoms with Crippen molar-refractivity contribution >= 4 is 25.9 Å². The van der Waals surface area contributed by atoms with Gasteiger partial charge in [0.1, 0.15) is 19.4 Å². The minimum absolute atomic E-state index is 0.0561. The van der Waals surface area contributed by atoms with Gasteiger partial charge in [-0.15, -0.1) is 0 Å². The van der Waals surface area contributed by atoms with Crippen molar-refractivity contribution in [1.29, 1.82) is 0 Å². The molecule has 0 aromatic heterocycles. The number of Topliss-reactive ketones (excluding diaryl/α,β-unsaturated/α-hetero) is 1. The van der Waals surface area contributed by atoms with E-state index in [1.54, 1.807) is 0 Å². The van der Waals surface area contributed by atoms with Gasteiger partial charge in [-0.25, -0.2) is 4.57 Å². The zero-order valence-corrected chi connectivity index (χ0v) is 26.4. The largest absolute Gasteiger partial charge is 0.473 e. The Morgan fingerprint density at radius 1 is 0.850 bits per heavy atom. The number of ketones is 1.